The molecule has 0 bridgehead atoms. The van der Waals surface area contributed by atoms with Gasteiger partial charge in [0.1, 0.15) is 5.82 Å². The Morgan fingerprint density at radius 2 is 1.59 bits per heavy atom. The molecule has 0 aromatic heterocycles. The number of unbranched alkanes of at least 4 members (excludes halogenated alkanes) is 1. The number of hydrogen-bond donors (Lipinski definition) is 0. The van der Waals surface area contributed by atoms with Gasteiger partial charge >= 0.3 is 0 Å². The fraction of sp³-hybridized carbons (Fsp3) is 0.355. The third kappa shape index (κ3) is 6.06. The van der Waals surface area contributed by atoms with E-state index in [0.29, 0.717) is 23.3 Å². The quantitative estimate of drug-likeness (QED) is 0.215. The Hall–Kier alpha value is -3.15. The van der Waals surface area contributed by atoms with E-state index in [1.807, 2.05) is 13.0 Å². The normalized spacial score (nSPS) is 17.9. The number of halogens is 5. The molecule has 1 aliphatic rings. The van der Waals surface area contributed by atoms with E-state index >= 15 is 0 Å². The van der Waals surface area contributed by atoms with Gasteiger partial charge < -0.3 is 4.74 Å². The molecule has 37 heavy (non-hydrogen) atoms. The van der Waals surface area contributed by atoms with Gasteiger partial charge in [-0.05, 0) is 85.8 Å². The lowest BCUT2D eigenvalue weighted by Gasteiger charge is -2.27. The lowest BCUT2D eigenvalue weighted by Crippen LogP contribution is -2.13. The van der Waals surface area contributed by atoms with Crippen LogP contribution in [0, 0.1) is 41.9 Å². The van der Waals surface area contributed by atoms with Crippen molar-refractivity contribution in [3.05, 3.63) is 94.3 Å². The SMILES string of the molecule is CCCCOc1ccc(-c2ccc(/C=C/C3CCC(c4ccc(C)c(F)c4F)CC3)c(F)c2)c(F)c1F. The summed E-state index contributed by atoms with van der Waals surface area (Å²) in [6.07, 6.45) is 8.24. The molecule has 6 heteroatoms. The Labute approximate surface area is 215 Å². The van der Waals surface area contributed by atoms with Crippen molar-refractivity contribution in [1.29, 1.82) is 0 Å². The number of aryl methyl sites for hydroxylation is 1. The first-order chi connectivity index (χ1) is 17.8. The van der Waals surface area contributed by atoms with E-state index in [4.69, 9.17) is 4.74 Å². The summed E-state index contributed by atoms with van der Waals surface area (Å²) in [5, 5.41) is 0. The molecule has 0 unspecified atom stereocenters. The molecule has 0 radical (unpaired) electrons. The molecule has 0 amide bonds. The van der Waals surface area contributed by atoms with Gasteiger partial charge in [-0.25, -0.2) is 17.6 Å². The highest BCUT2D eigenvalue weighted by molar-refractivity contribution is 5.67. The molecule has 0 spiro atoms. The first-order valence-corrected chi connectivity index (χ1v) is 12.8. The molecule has 1 fully saturated rings. The van der Waals surface area contributed by atoms with Crippen LogP contribution in [-0.4, -0.2) is 6.61 Å². The van der Waals surface area contributed by atoms with Crippen molar-refractivity contribution in [2.45, 2.75) is 58.3 Å². The lowest BCUT2D eigenvalue weighted by atomic mass is 9.78. The minimum Gasteiger partial charge on any atom is -0.490 e. The van der Waals surface area contributed by atoms with Crippen LogP contribution in [0.5, 0.6) is 5.75 Å². The Bertz CT molecular complexity index is 1280. The largest absolute Gasteiger partial charge is 0.490 e. The predicted octanol–water partition coefficient (Wildman–Crippen LogP) is 9.52. The van der Waals surface area contributed by atoms with Gasteiger partial charge in [-0.3, -0.25) is 0 Å². The van der Waals surface area contributed by atoms with Crippen molar-refractivity contribution in [2.24, 2.45) is 5.92 Å². The summed E-state index contributed by atoms with van der Waals surface area (Å²) in [5.41, 5.74) is 1.27. The molecule has 4 rings (SSSR count). The molecule has 3 aromatic rings. The standard InChI is InChI=1S/C31H31F5O/c1-3-4-17-37-27-16-15-25(30(35)31(27)36)23-13-12-22(26(32)18-23)11-8-20-6-9-21(10-7-20)24-14-5-19(2)28(33)29(24)34/h5,8,11-16,18,20-21H,3-4,6-7,9-10,17H2,1-2H3/b11-8+. The average Bonchev–Trinajstić information content (AvgIpc) is 2.90. The van der Waals surface area contributed by atoms with Crippen molar-refractivity contribution in [1.82, 2.24) is 0 Å². The molecule has 1 nitrogen and oxygen atoms in total. The minimum atomic E-state index is -1.08. The fourth-order valence-corrected chi connectivity index (χ4v) is 4.86. The lowest BCUT2D eigenvalue weighted by molar-refractivity contribution is 0.289. The summed E-state index contributed by atoms with van der Waals surface area (Å²) in [7, 11) is 0. The van der Waals surface area contributed by atoms with Crippen LogP contribution in [0.15, 0.2) is 48.5 Å². The Morgan fingerprint density at radius 3 is 2.30 bits per heavy atom. The smallest absolute Gasteiger partial charge is 0.201 e. The minimum absolute atomic E-state index is 0.0329. The molecule has 0 aliphatic heterocycles. The Morgan fingerprint density at radius 1 is 0.838 bits per heavy atom. The molecule has 0 atom stereocenters. The van der Waals surface area contributed by atoms with Crippen LogP contribution in [0.25, 0.3) is 17.2 Å². The number of ether oxygens (including phenoxy) is 1. The van der Waals surface area contributed by atoms with Gasteiger partial charge in [0.15, 0.2) is 23.2 Å². The zero-order valence-corrected chi connectivity index (χ0v) is 21.1. The second kappa shape index (κ2) is 11.9. The molecule has 0 N–H and O–H groups in total. The zero-order valence-electron chi connectivity index (χ0n) is 21.1. The van der Waals surface area contributed by atoms with E-state index in [1.165, 1.54) is 18.2 Å². The van der Waals surface area contributed by atoms with Gasteiger partial charge in [-0.15, -0.1) is 0 Å². The van der Waals surface area contributed by atoms with Gasteiger partial charge in [0.05, 0.1) is 6.61 Å². The topological polar surface area (TPSA) is 9.23 Å². The highest BCUT2D eigenvalue weighted by atomic mass is 19.2. The van der Waals surface area contributed by atoms with Crippen LogP contribution in [0.3, 0.4) is 0 Å². The van der Waals surface area contributed by atoms with Crippen LogP contribution in [-0.2, 0) is 0 Å². The van der Waals surface area contributed by atoms with E-state index < -0.39 is 29.1 Å². The van der Waals surface area contributed by atoms with Crippen molar-refractivity contribution >= 4 is 6.08 Å². The maximum atomic E-state index is 14.8. The van der Waals surface area contributed by atoms with Crippen LogP contribution in [0.1, 0.15) is 68.1 Å². The van der Waals surface area contributed by atoms with Crippen molar-refractivity contribution in [3.63, 3.8) is 0 Å². The fourth-order valence-electron chi connectivity index (χ4n) is 4.86. The van der Waals surface area contributed by atoms with Gasteiger partial charge in [0.2, 0.25) is 5.82 Å². The van der Waals surface area contributed by atoms with E-state index in [-0.39, 0.29) is 28.7 Å². The second-order valence-electron chi connectivity index (χ2n) is 9.75. The molecular weight excluding hydrogens is 483 g/mol. The Kier molecular flexibility index (Phi) is 8.67. The number of rotatable bonds is 8. The van der Waals surface area contributed by atoms with Gasteiger partial charge in [-0.2, -0.15) is 4.39 Å². The molecule has 196 valence electrons. The Balaban J connectivity index is 1.41. The third-order valence-corrected chi connectivity index (χ3v) is 7.18. The van der Waals surface area contributed by atoms with Crippen LogP contribution in [0.4, 0.5) is 22.0 Å². The highest BCUT2D eigenvalue weighted by Gasteiger charge is 2.25. The van der Waals surface area contributed by atoms with Gasteiger partial charge in [-0.1, -0.05) is 49.8 Å². The third-order valence-electron chi connectivity index (χ3n) is 7.18. The van der Waals surface area contributed by atoms with Crippen LogP contribution < -0.4 is 4.74 Å². The summed E-state index contributed by atoms with van der Waals surface area (Å²) in [6.45, 7) is 3.81. The summed E-state index contributed by atoms with van der Waals surface area (Å²) in [4.78, 5) is 0. The van der Waals surface area contributed by atoms with Crippen molar-refractivity contribution in [2.75, 3.05) is 6.61 Å². The maximum Gasteiger partial charge on any atom is 0.201 e. The van der Waals surface area contributed by atoms with E-state index in [2.05, 4.69) is 0 Å². The first kappa shape index (κ1) is 26.9. The van der Waals surface area contributed by atoms with E-state index in [0.717, 1.165) is 38.5 Å². The van der Waals surface area contributed by atoms with Crippen molar-refractivity contribution < 1.29 is 26.7 Å². The summed E-state index contributed by atoms with van der Waals surface area (Å²) in [5.74, 6) is -4.22. The van der Waals surface area contributed by atoms with Crippen molar-refractivity contribution in [3.8, 4) is 16.9 Å². The van der Waals surface area contributed by atoms with Gasteiger partial charge in [0.25, 0.3) is 0 Å². The maximum absolute atomic E-state index is 14.8. The summed E-state index contributed by atoms with van der Waals surface area (Å²) >= 11 is 0. The number of hydrogen-bond acceptors (Lipinski definition) is 1. The molecule has 1 saturated carbocycles. The first-order valence-electron chi connectivity index (χ1n) is 12.8. The zero-order chi connectivity index (χ0) is 26.5. The molecular formula is C31H31F5O. The monoisotopic (exact) mass is 514 g/mol. The molecule has 0 saturated heterocycles. The average molecular weight is 515 g/mol. The molecule has 3 aromatic carbocycles. The highest BCUT2D eigenvalue weighted by Crippen LogP contribution is 2.38. The second-order valence-corrected chi connectivity index (χ2v) is 9.75. The van der Waals surface area contributed by atoms with E-state index in [1.54, 1.807) is 37.3 Å². The molecule has 0 heterocycles. The summed E-state index contributed by atoms with van der Waals surface area (Å²) < 4.78 is 77.5. The number of allylic oxidation sites excluding steroid dienone is 1. The summed E-state index contributed by atoms with van der Waals surface area (Å²) in [6, 6.07) is 10.3. The number of benzene rings is 3. The van der Waals surface area contributed by atoms with Crippen LogP contribution >= 0.6 is 0 Å². The molecule has 1 aliphatic carbocycles. The predicted molar refractivity (Wildman–Crippen MR) is 137 cm³/mol. The van der Waals surface area contributed by atoms with Crippen LogP contribution in [0.2, 0.25) is 0 Å². The van der Waals surface area contributed by atoms with Gasteiger partial charge in [0, 0.05) is 11.1 Å². The van der Waals surface area contributed by atoms with E-state index in [9.17, 15) is 22.0 Å².